The van der Waals surface area contributed by atoms with E-state index < -0.39 is 0 Å². The minimum absolute atomic E-state index is 0. The van der Waals surface area contributed by atoms with Gasteiger partial charge in [-0.1, -0.05) is 44.2 Å². The van der Waals surface area contributed by atoms with Crippen molar-refractivity contribution < 1.29 is 5.11 Å². The highest BCUT2D eigenvalue weighted by atomic mass is 127. The molecule has 0 aliphatic carbocycles. The van der Waals surface area contributed by atoms with E-state index in [1.54, 1.807) is 7.05 Å². The SMILES string of the molecule is CN=C(NCC(CO)c1ccccc1)NC[C@H]1CCCN1CC(C)C.I. The highest BCUT2D eigenvalue weighted by Crippen LogP contribution is 2.18. The summed E-state index contributed by atoms with van der Waals surface area (Å²) in [7, 11) is 1.80. The van der Waals surface area contributed by atoms with Gasteiger partial charge in [-0.25, -0.2) is 0 Å². The second kappa shape index (κ2) is 12.5. The van der Waals surface area contributed by atoms with Crippen molar-refractivity contribution in [3.63, 3.8) is 0 Å². The Bertz CT molecular complexity index is 524. The molecular weight excluding hydrogens is 439 g/mol. The molecule has 0 spiro atoms. The highest BCUT2D eigenvalue weighted by Gasteiger charge is 2.24. The van der Waals surface area contributed by atoms with Gasteiger partial charge in [-0.3, -0.25) is 9.89 Å². The number of aliphatic hydroxyl groups excluding tert-OH is 1. The van der Waals surface area contributed by atoms with Gasteiger partial charge in [-0.15, -0.1) is 24.0 Å². The molecule has 5 nitrogen and oxygen atoms in total. The average molecular weight is 474 g/mol. The fourth-order valence-corrected chi connectivity index (χ4v) is 3.50. The monoisotopic (exact) mass is 474 g/mol. The molecule has 0 aromatic heterocycles. The Labute approximate surface area is 175 Å². The molecule has 1 saturated heterocycles. The molecule has 1 aromatic rings. The summed E-state index contributed by atoms with van der Waals surface area (Å²) in [5, 5.41) is 16.5. The lowest BCUT2D eigenvalue weighted by molar-refractivity contribution is 0.226. The molecule has 3 N–H and O–H groups in total. The van der Waals surface area contributed by atoms with Crippen LogP contribution in [0, 0.1) is 5.92 Å². The Morgan fingerprint density at radius 3 is 2.62 bits per heavy atom. The van der Waals surface area contributed by atoms with Gasteiger partial charge in [0, 0.05) is 38.6 Å². The maximum absolute atomic E-state index is 9.68. The van der Waals surface area contributed by atoms with Gasteiger partial charge in [-0.05, 0) is 30.9 Å². The zero-order valence-electron chi connectivity index (χ0n) is 16.3. The lowest BCUT2D eigenvalue weighted by atomic mass is 10.0. The molecule has 0 bridgehead atoms. The van der Waals surface area contributed by atoms with Crippen molar-refractivity contribution in [2.75, 3.05) is 39.8 Å². The molecule has 0 saturated carbocycles. The summed E-state index contributed by atoms with van der Waals surface area (Å²) in [6.45, 7) is 8.64. The van der Waals surface area contributed by atoms with Crippen LogP contribution in [-0.4, -0.2) is 61.8 Å². The number of nitrogens with zero attached hydrogens (tertiary/aromatic N) is 2. The van der Waals surface area contributed by atoms with Gasteiger partial charge in [-0.2, -0.15) is 0 Å². The first-order valence-corrected chi connectivity index (χ1v) is 9.48. The van der Waals surface area contributed by atoms with Gasteiger partial charge < -0.3 is 15.7 Å². The molecule has 2 rings (SSSR count). The first kappa shape index (κ1) is 23.2. The van der Waals surface area contributed by atoms with Gasteiger partial charge in [0.2, 0.25) is 0 Å². The third-order valence-electron chi connectivity index (χ3n) is 4.83. The van der Waals surface area contributed by atoms with E-state index >= 15 is 0 Å². The van der Waals surface area contributed by atoms with Crippen molar-refractivity contribution in [3.8, 4) is 0 Å². The molecule has 1 heterocycles. The van der Waals surface area contributed by atoms with Crippen molar-refractivity contribution in [3.05, 3.63) is 35.9 Å². The molecule has 26 heavy (non-hydrogen) atoms. The van der Waals surface area contributed by atoms with Crippen LogP contribution in [0.2, 0.25) is 0 Å². The van der Waals surface area contributed by atoms with Crippen LogP contribution in [-0.2, 0) is 0 Å². The lowest BCUT2D eigenvalue weighted by Gasteiger charge is -2.27. The highest BCUT2D eigenvalue weighted by molar-refractivity contribution is 14.0. The number of hydrogen-bond acceptors (Lipinski definition) is 3. The third kappa shape index (κ3) is 7.40. The summed E-state index contributed by atoms with van der Waals surface area (Å²) in [6.07, 6.45) is 2.53. The van der Waals surface area contributed by atoms with Crippen LogP contribution in [0.5, 0.6) is 0 Å². The molecule has 1 aromatic carbocycles. The van der Waals surface area contributed by atoms with Crippen molar-refractivity contribution in [1.29, 1.82) is 0 Å². The molecule has 148 valence electrons. The molecule has 1 aliphatic heterocycles. The fourth-order valence-electron chi connectivity index (χ4n) is 3.50. The Morgan fingerprint density at radius 2 is 2.00 bits per heavy atom. The zero-order chi connectivity index (χ0) is 18.1. The molecular formula is C20H35IN4O. The molecule has 2 atom stereocenters. The van der Waals surface area contributed by atoms with Crippen LogP contribution < -0.4 is 10.6 Å². The third-order valence-corrected chi connectivity index (χ3v) is 4.83. The van der Waals surface area contributed by atoms with Crippen molar-refractivity contribution in [2.24, 2.45) is 10.9 Å². The second-order valence-corrected chi connectivity index (χ2v) is 7.31. The number of aliphatic imine (C=N–C) groups is 1. The van der Waals surface area contributed by atoms with Gasteiger partial charge in [0.05, 0.1) is 6.61 Å². The molecule has 1 aliphatic rings. The van der Waals surface area contributed by atoms with E-state index in [4.69, 9.17) is 0 Å². The summed E-state index contributed by atoms with van der Waals surface area (Å²) in [6, 6.07) is 10.7. The van der Waals surface area contributed by atoms with Gasteiger partial charge in [0.25, 0.3) is 0 Å². The molecule has 0 amide bonds. The van der Waals surface area contributed by atoms with Crippen molar-refractivity contribution in [2.45, 2.75) is 38.6 Å². The average Bonchev–Trinajstić information content (AvgIpc) is 3.05. The standard InChI is InChI=1S/C20H34N4O.HI/c1-16(2)14-24-11-7-10-19(24)13-23-20(21-3)22-12-18(15-25)17-8-5-4-6-9-17;/h4-6,8-9,16,18-19,25H,7,10-15H2,1-3H3,(H2,21,22,23);1H/t18?,19-;/m1./s1. The predicted molar refractivity (Wildman–Crippen MR) is 120 cm³/mol. The van der Waals surface area contributed by atoms with Crippen LogP contribution >= 0.6 is 24.0 Å². The number of aliphatic hydroxyl groups is 1. The van der Waals surface area contributed by atoms with E-state index in [-0.39, 0.29) is 36.5 Å². The number of nitrogens with one attached hydrogen (secondary N) is 2. The maximum Gasteiger partial charge on any atom is 0.191 e. The van der Waals surface area contributed by atoms with E-state index in [2.05, 4.69) is 46.5 Å². The molecule has 1 fully saturated rings. The van der Waals surface area contributed by atoms with E-state index in [9.17, 15) is 5.11 Å². The second-order valence-electron chi connectivity index (χ2n) is 7.31. The largest absolute Gasteiger partial charge is 0.396 e. The molecule has 6 heteroatoms. The number of rotatable bonds is 8. The maximum atomic E-state index is 9.68. The molecule has 0 radical (unpaired) electrons. The Morgan fingerprint density at radius 1 is 1.27 bits per heavy atom. The summed E-state index contributed by atoms with van der Waals surface area (Å²) in [4.78, 5) is 6.92. The van der Waals surface area contributed by atoms with Crippen LogP contribution in [0.4, 0.5) is 0 Å². The van der Waals surface area contributed by atoms with E-state index in [0.29, 0.717) is 18.5 Å². The van der Waals surface area contributed by atoms with Crippen LogP contribution in [0.3, 0.4) is 0 Å². The Hall–Kier alpha value is -0.860. The minimum atomic E-state index is 0. The number of halogens is 1. The summed E-state index contributed by atoms with van der Waals surface area (Å²) in [5.74, 6) is 1.59. The Kier molecular flexibility index (Phi) is 11.2. The minimum Gasteiger partial charge on any atom is -0.396 e. The number of guanidine groups is 1. The number of likely N-dealkylation sites (tertiary alicyclic amines) is 1. The Balaban J connectivity index is 0.00000338. The van der Waals surface area contributed by atoms with Gasteiger partial charge >= 0.3 is 0 Å². The topological polar surface area (TPSA) is 59.9 Å². The van der Waals surface area contributed by atoms with Gasteiger partial charge in [0.1, 0.15) is 0 Å². The van der Waals surface area contributed by atoms with Crippen molar-refractivity contribution in [1.82, 2.24) is 15.5 Å². The molecule has 1 unspecified atom stereocenters. The van der Waals surface area contributed by atoms with Gasteiger partial charge in [0.15, 0.2) is 5.96 Å². The number of hydrogen-bond donors (Lipinski definition) is 3. The zero-order valence-corrected chi connectivity index (χ0v) is 18.6. The normalized spacial score (nSPS) is 19.3. The quantitative estimate of drug-likeness (QED) is 0.308. The predicted octanol–water partition coefficient (Wildman–Crippen LogP) is 2.67. The summed E-state index contributed by atoms with van der Waals surface area (Å²) in [5.41, 5.74) is 1.15. The van der Waals surface area contributed by atoms with Crippen LogP contribution in [0.15, 0.2) is 35.3 Å². The fraction of sp³-hybridized carbons (Fsp3) is 0.650. The smallest absolute Gasteiger partial charge is 0.191 e. The van der Waals surface area contributed by atoms with Crippen LogP contribution in [0.1, 0.15) is 38.2 Å². The first-order chi connectivity index (χ1) is 12.1. The van der Waals surface area contributed by atoms with Crippen molar-refractivity contribution >= 4 is 29.9 Å². The van der Waals surface area contributed by atoms with E-state index in [0.717, 1.165) is 18.1 Å². The summed E-state index contributed by atoms with van der Waals surface area (Å²) >= 11 is 0. The lowest BCUT2D eigenvalue weighted by Crippen LogP contribution is -2.46. The summed E-state index contributed by atoms with van der Waals surface area (Å²) < 4.78 is 0. The van der Waals surface area contributed by atoms with E-state index in [1.807, 2.05) is 18.2 Å². The van der Waals surface area contributed by atoms with E-state index in [1.165, 1.54) is 25.9 Å². The van der Waals surface area contributed by atoms with Crippen LogP contribution in [0.25, 0.3) is 0 Å². The number of benzene rings is 1. The first-order valence-electron chi connectivity index (χ1n) is 9.48.